The minimum absolute atomic E-state index is 0.145. The van der Waals surface area contributed by atoms with Crippen molar-refractivity contribution in [3.05, 3.63) is 65.3 Å². The zero-order valence-electron chi connectivity index (χ0n) is 24.1. The number of benzene rings is 1. The van der Waals surface area contributed by atoms with Crippen molar-refractivity contribution < 1.29 is 13.9 Å². The van der Waals surface area contributed by atoms with E-state index in [-0.39, 0.29) is 30.5 Å². The molecular weight excluding hydrogens is 533 g/mol. The number of carbonyl (C=O) groups is 1. The van der Waals surface area contributed by atoms with Crippen molar-refractivity contribution in [2.75, 3.05) is 51.3 Å². The molecule has 1 amide bonds. The fourth-order valence-corrected chi connectivity index (χ4v) is 6.57. The molecule has 3 aromatic rings. The van der Waals surface area contributed by atoms with Crippen LogP contribution in [-0.2, 0) is 17.6 Å². The van der Waals surface area contributed by atoms with Gasteiger partial charge in [-0.3, -0.25) is 4.79 Å². The van der Waals surface area contributed by atoms with Crippen LogP contribution in [-0.4, -0.2) is 89.1 Å². The molecule has 2 aromatic heterocycles. The molecule has 10 heteroatoms. The summed E-state index contributed by atoms with van der Waals surface area (Å²) in [6.45, 7) is 13.9. The fraction of sp³-hybridized carbons (Fsp3) is 0.469. The maximum Gasteiger partial charge on any atom is 0.320 e. The summed E-state index contributed by atoms with van der Waals surface area (Å²) in [5.74, 6) is -0.127. The Kier molecular flexibility index (Phi) is 8.02. The van der Waals surface area contributed by atoms with E-state index in [0.29, 0.717) is 48.8 Å². The number of ether oxygens (including phenoxy) is 1. The van der Waals surface area contributed by atoms with Crippen LogP contribution in [0.25, 0.3) is 27.1 Å². The van der Waals surface area contributed by atoms with Gasteiger partial charge in [0.05, 0.1) is 5.39 Å². The maximum absolute atomic E-state index is 16.0. The SMILES string of the molecule is [C-]#[N+]C[C@H]1CN(c2nc(OC[C@@H]3CCCN3C)nc3nc(-c4cccc5c4CCCC5)c(F)cc23)CCN1C(=O)C=C. The topological polar surface area (TPSA) is 79.1 Å². The summed E-state index contributed by atoms with van der Waals surface area (Å²) in [5, 5.41) is 0.483. The molecule has 1 aliphatic carbocycles. The predicted octanol–water partition coefficient (Wildman–Crippen LogP) is 4.31. The summed E-state index contributed by atoms with van der Waals surface area (Å²) in [6.07, 6.45) is 7.55. The van der Waals surface area contributed by atoms with Crippen LogP contribution in [0.5, 0.6) is 6.01 Å². The Morgan fingerprint density at radius 3 is 2.81 bits per heavy atom. The number of aryl methyl sites for hydroxylation is 1. The molecule has 4 heterocycles. The zero-order chi connectivity index (χ0) is 29.2. The number of halogens is 1. The van der Waals surface area contributed by atoms with Gasteiger partial charge in [-0.15, -0.1) is 0 Å². The smallest absolute Gasteiger partial charge is 0.320 e. The van der Waals surface area contributed by atoms with E-state index in [1.54, 1.807) is 4.90 Å². The lowest BCUT2D eigenvalue weighted by atomic mass is 9.87. The third-order valence-corrected chi connectivity index (χ3v) is 8.87. The van der Waals surface area contributed by atoms with Crippen molar-refractivity contribution in [3.8, 4) is 17.3 Å². The van der Waals surface area contributed by atoms with Crippen molar-refractivity contribution in [1.29, 1.82) is 0 Å². The van der Waals surface area contributed by atoms with E-state index in [1.165, 1.54) is 17.7 Å². The first-order valence-corrected chi connectivity index (χ1v) is 14.8. The van der Waals surface area contributed by atoms with Crippen molar-refractivity contribution in [3.63, 3.8) is 0 Å². The third-order valence-electron chi connectivity index (χ3n) is 8.87. The highest BCUT2D eigenvalue weighted by atomic mass is 19.1. The number of likely N-dealkylation sites (tertiary alicyclic amines) is 1. The summed E-state index contributed by atoms with van der Waals surface area (Å²) < 4.78 is 22.1. The number of carbonyl (C=O) groups excluding carboxylic acids is 1. The van der Waals surface area contributed by atoms with Crippen LogP contribution in [0.4, 0.5) is 10.2 Å². The molecule has 2 fully saturated rings. The summed E-state index contributed by atoms with van der Waals surface area (Å²) >= 11 is 0. The Balaban J connectivity index is 1.42. The normalized spacial score (nSPS) is 20.8. The standard InChI is InChI=1S/C32H36FN7O2/c1-4-28(41)40-16-15-39(19-23(40)18-34-2)31-26-17-27(33)29(25-13-7-10-21-9-5-6-12-24(21)25)35-30(26)36-32(37-31)42-20-22-11-8-14-38(22)3/h4,7,10,13,17,22-23H,1,5-6,8-9,11-12,14-16,18-20H2,3H3/t22-,23-/m0/s1. The van der Waals surface area contributed by atoms with Crippen LogP contribution >= 0.6 is 0 Å². The second-order valence-corrected chi connectivity index (χ2v) is 11.4. The summed E-state index contributed by atoms with van der Waals surface area (Å²) in [6, 6.07) is 7.65. The molecular formula is C32H36FN7O2. The van der Waals surface area contributed by atoms with Crippen LogP contribution in [0.1, 0.15) is 36.8 Å². The van der Waals surface area contributed by atoms with Gasteiger partial charge in [0.25, 0.3) is 0 Å². The number of amides is 1. The summed E-state index contributed by atoms with van der Waals surface area (Å²) in [5.41, 5.74) is 3.89. The van der Waals surface area contributed by atoms with E-state index in [4.69, 9.17) is 21.3 Å². The molecule has 0 saturated carbocycles. The lowest BCUT2D eigenvalue weighted by molar-refractivity contribution is -0.128. The van der Waals surface area contributed by atoms with Gasteiger partial charge >= 0.3 is 6.01 Å². The highest BCUT2D eigenvalue weighted by molar-refractivity contribution is 5.90. The molecule has 42 heavy (non-hydrogen) atoms. The van der Waals surface area contributed by atoms with E-state index in [9.17, 15) is 4.79 Å². The van der Waals surface area contributed by atoms with Gasteiger partial charge in [-0.05, 0) is 75.4 Å². The predicted molar refractivity (Wildman–Crippen MR) is 160 cm³/mol. The highest BCUT2D eigenvalue weighted by Crippen LogP contribution is 2.35. The van der Waals surface area contributed by atoms with Gasteiger partial charge in [0.1, 0.15) is 30.0 Å². The van der Waals surface area contributed by atoms with Crippen molar-refractivity contribution in [2.45, 2.75) is 50.6 Å². The van der Waals surface area contributed by atoms with Crippen molar-refractivity contribution >= 4 is 22.8 Å². The van der Waals surface area contributed by atoms with Gasteiger partial charge in [-0.2, -0.15) is 9.97 Å². The minimum atomic E-state index is -0.425. The molecule has 9 nitrogen and oxygen atoms in total. The Morgan fingerprint density at radius 1 is 1.17 bits per heavy atom. The number of hydrogen-bond acceptors (Lipinski definition) is 7. The maximum atomic E-state index is 16.0. The lowest BCUT2D eigenvalue weighted by Crippen LogP contribution is -2.56. The molecule has 0 spiro atoms. The van der Waals surface area contributed by atoms with Gasteiger partial charge in [0.15, 0.2) is 5.65 Å². The third kappa shape index (κ3) is 5.41. The van der Waals surface area contributed by atoms with Gasteiger partial charge < -0.3 is 24.3 Å². The Labute approximate surface area is 245 Å². The number of fused-ring (bicyclic) bond motifs is 2. The lowest BCUT2D eigenvalue weighted by Gasteiger charge is -2.39. The van der Waals surface area contributed by atoms with E-state index in [1.807, 2.05) is 17.0 Å². The minimum Gasteiger partial charge on any atom is -0.462 e. The monoisotopic (exact) mass is 569 g/mol. The molecule has 2 aliphatic heterocycles. The average molecular weight is 570 g/mol. The molecule has 0 N–H and O–H groups in total. The number of likely N-dealkylation sites (N-methyl/N-ethyl adjacent to an activating group) is 1. The molecule has 2 saturated heterocycles. The molecule has 0 radical (unpaired) electrons. The molecule has 6 rings (SSSR count). The van der Waals surface area contributed by atoms with Crippen LogP contribution in [0, 0.1) is 12.4 Å². The van der Waals surface area contributed by atoms with Gasteiger partial charge in [0, 0.05) is 31.2 Å². The number of nitrogens with zero attached hydrogens (tertiary/aromatic N) is 7. The largest absolute Gasteiger partial charge is 0.462 e. The Hall–Kier alpha value is -4.10. The number of piperazine rings is 1. The number of rotatable bonds is 7. The van der Waals surface area contributed by atoms with E-state index >= 15 is 4.39 Å². The molecule has 1 aromatic carbocycles. The van der Waals surface area contributed by atoms with Crippen LogP contribution in [0.2, 0.25) is 0 Å². The van der Waals surface area contributed by atoms with Crippen LogP contribution in [0.3, 0.4) is 0 Å². The van der Waals surface area contributed by atoms with E-state index in [2.05, 4.69) is 34.4 Å². The molecule has 0 bridgehead atoms. The zero-order valence-corrected chi connectivity index (χ0v) is 24.1. The van der Waals surface area contributed by atoms with Gasteiger partial charge in [0.2, 0.25) is 12.5 Å². The molecule has 3 aliphatic rings. The Morgan fingerprint density at radius 2 is 2.02 bits per heavy atom. The number of hydrogen-bond donors (Lipinski definition) is 0. The molecule has 218 valence electrons. The van der Waals surface area contributed by atoms with Crippen molar-refractivity contribution in [2.24, 2.45) is 0 Å². The second kappa shape index (κ2) is 12.0. The van der Waals surface area contributed by atoms with E-state index < -0.39 is 5.82 Å². The first-order valence-electron chi connectivity index (χ1n) is 14.8. The van der Waals surface area contributed by atoms with Crippen LogP contribution < -0.4 is 9.64 Å². The van der Waals surface area contributed by atoms with Gasteiger partial charge in [-0.1, -0.05) is 24.8 Å². The number of pyridine rings is 1. The fourth-order valence-electron chi connectivity index (χ4n) is 6.57. The second-order valence-electron chi connectivity index (χ2n) is 11.4. The van der Waals surface area contributed by atoms with Gasteiger partial charge in [-0.25, -0.2) is 15.9 Å². The first kappa shape index (κ1) is 28.0. The first-order chi connectivity index (χ1) is 20.5. The Bertz CT molecular complexity index is 1550. The van der Waals surface area contributed by atoms with Crippen molar-refractivity contribution in [1.82, 2.24) is 24.8 Å². The molecule has 2 atom stereocenters. The summed E-state index contributed by atoms with van der Waals surface area (Å²) in [4.78, 5) is 36.3. The average Bonchev–Trinajstić information content (AvgIpc) is 3.43. The van der Waals surface area contributed by atoms with E-state index in [0.717, 1.165) is 56.2 Å². The summed E-state index contributed by atoms with van der Waals surface area (Å²) in [7, 11) is 2.09. The number of anilines is 1. The quantitative estimate of drug-likeness (QED) is 0.310. The highest BCUT2D eigenvalue weighted by Gasteiger charge is 2.33. The number of aromatic nitrogens is 3. The van der Waals surface area contributed by atoms with Crippen LogP contribution in [0.15, 0.2) is 36.9 Å². The molecule has 0 unspecified atom stereocenters.